The number of alkyl halides is 3. The molecule has 1 unspecified atom stereocenters. The first-order valence-electron chi connectivity index (χ1n) is 12.1. The topological polar surface area (TPSA) is 128 Å². The lowest BCUT2D eigenvalue weighted by Gasteiger charge is -2.31. The summed E-state index contributed by atoms with van der Waals surface area (Å²) in [5.41, 5.74) is 2.73. The molecule has 0 saturated carbocycles. The SMILES string of the molecule is CCc1ccc(S(=O)(=O)Nc2ccc(N3CCNCC3)c(C(=O)NC(C)CC)c2)cc1.O=C(O)C(F)(F)F. The van der Waals surface area contributed by atoms with E-state index in [0.29, 0.717) is 11.3 Å². The summed E-state index contributed by atoms with van der Waals surface area (Å²) in [5, 5.41) is 13.4. The summed E-state index contributed by atoms with van der Waals surface area (Å²) < 4.78 is 60.1. The quantitative estimate of drug-likeness (QED) is 0.390. The number of hydrogen-bond donors (Lipinski definition) is 4. The Bertz CT molecular complexity index is 1200. The van der Waals surface area contributed by atoms with Crippen LogP contribution in [0.25, 0.3) is 0 Å². The molecule has 0 bridgehead atoms. The Morgan fingerprint density at radius 1 is 1.08 bits per heavy atom. The molecule has 0 aromatic heterocycles. The summed E-state index contributed by atoms with van der Waals surface area (Å²) in [6, 6.07) is 12.0. The summed E-state index contributed by atoms with van der Waals surface area (Å²) >= 11 is 0. The van der Waals surface area contributed by atoms with Gasteiger partial charge in [-0.1, -0.05) is 26.0 Å². The van der Waals surface area contributed by atoms with Crippen LogP contribution >= 0.6 is 0 Å². The van der Waals surface area contributed by atoms with Gasteiger partial charge in [0.05, 0.1) is 10.5 Å². The number of piperazine rings is 1. The first-order chi connectivity index (χ1) is 17.8. The molecule has 1 heterocycles. The summed E-state index contributed by atoms with van der Waals surface area (Å²) in [4.78, 5) is 24.3. The third-order valence-corrected chi connectivity index (χ3v) is 7.22. The van der Waals surface area contributed by atoms with E-state index in [1.165, 1.54) is 0 Å². The lowest BCUT2D eigenvalue weighted by Crippen LogP contribution is -2.44. The van der Waals surface area contributed by atoms with E-state index < -0.39 is 22.2 Å². The molecule has 38 heavy (non-hydrogen) atoms. The van der Waals surface area contributed by atoms with E-state index in [1.807, 2.05) is 39.0 Å². The molecule has 2 aromatic rings. The number of carbonyl (C=O) groups excluding carboxylic acids is 1. The molecule has 13 heteroatoms. The lowest BCUT2D eigenvalue weighted by atomic mass is 10.1. The number of sulfonamides is 1. The predicted molar refractivity (Wildman–Crippen MR) is 139 cm³/mol. The van der Waals surface area contributed by atoms with Crippen molar-refractivity contribution in [2.45, 2.75) is 50.7 Å². The fourth-order valence-corrected chi connectivity index (χ4v) is 4.53. The maximum absolute atomic E-state index is 13.0. The second-order valence-corrected chi connectivity index (χ2v) is 10.3. The van der Waals surface area contributed by atoms with Crippen LogP contribution in [0, 0.1) is 0 Å². The van der Waals surface area contributed by atoms with Crippen molar-refractivity contribution in [3.8, 4) is 0 Å². The maximum atomic E-state index is 13.0. The van der Waals surface area contributed by atoms with Crippen LogP contribution in [0.4, 0.5) is 24.5 Å². The van der Waals surface area contributed by atoms with Gasteiger partial charge in [-0.3, -0.25) is 9.52 Å². The van der Waals surface area contributed by atoms with Crippen molar-refractivity contribution in [3.63, 3.8) is 0 Å². The minimum atomic E-state index is -5.08. The number of aryl methyl sites for hydroxylation is 1. The highest BCUT2D eigenvalue weighted by atomic mass is 32.2. The molecular formula is C25H33F3N4O5S. The number of amides is 1. The van der Waals surface area contributed by atoms with Gasteiger partial charge in [-0.25, -0.2) is 13.2 Å². The highest BCUT2D eigenvalue weighted by molar-refractivity contribution is 7.92. The van der Waals surface area contributed by atoms with Gasteiger partial charge in [-0.2, -0.15) is 13.2 Å². The van der Waals surface area contributed by atoms with Gasteiger partial charge in [0.15, 0.2) is 0 Å². The normalized spacial score (nSPS) is 14.6. The van der Waals surface area contributed by atoms with Crippen LogP contribution in [0.3, 0.4) is 0 Å². The van der Waals surface area contributed by atoms with Crippen molar-refractivity contribution in [1.29, 1.82) is 0 Å². The van der Waals surface area contributed by atoms with Gasteiger partial charge in [-0.15, -0.1) is 0 Å². The predicted octanol–water partition coefficient (Wildman–Crippen LogP) is 3.62. The standard InChI is InChI=1S/C23H32N4O3S.C2HF3O2/c1-4-17(3)25-23(28)21-16-19(8-11-22(21)27-14-12-24-13-15-27)26-31(29,30)20-9-6-18(5-2)7-10-20;3-2(4,5)1(6)7/h6-11,16-17,24,26H,4-5,12-15H2,1-3H3,(H,25,28);(H,6,7). The molecule has 0 aliphatic carbocycles. The average Bonchev–Trinajstić information content (AvgIpc) is 2.88. The second kappa shape index (κ2) is 13.5. The molecule has 1 aliphatic rings. The van der Waals surface area contributed by atoms with Gasteiger partial charge >= 0.3 is 12.1 Å². The number of carboxylic acids is 1. The third kappa shape index (κ3) is 8.91. The summed E-state index contributed by atoms with van der Waals surface area (Å²) in [6.45, 7) is 9.25. The van der Waals surface area contributed by atoms with Gasteiger partial charge in [-0.05, 0) is 55.7 Å². The van der Waals surface area contributed by atoms with Crippen molar-refractivity contribution in [2.75, 3.05) is 35.8 Å². The smallest absolute Gasteiger partial charge is 0.475 e. The van der Waals surface area contributed by atoms with E-state index in [2.05, 4.69) is 20.3 Å². The average molecular weight is 559 g/mol. The zero-order valence-electron chi connectivity index (χ0n) is 21.4. The van der Waals surface area contributed by atoms with E-state index >= 15 is 0 Å². The van der Waals surface area contributed by atoms with Gasteiger partial charge in [0.1, 0.15) is 0 Å². The molecule has 4 N–H and O–H groups in total. The van der Waals surface area contributed by atoms with Gasteiger partial charge in [0.2, 0.25) is 0 Å². The molecule has 2 aromatic carbocycles. The minimum absolute atomic E-state index is 0.0285. The molecule has 1 amide bonds. The number of benzene rings is 2. The lowest BCUT2D eigenvalue weighted by molar-refractivity contribution is -0.192. The van der Waals surface area contributed by atoms with Crippen LogP contribution in [-0.2, 0) is 21.2 Å². The molecule has 1 saturated heterocycles. The number of rotatable bonds is 8. The van der Waals surface area contributed by atoms with Gasteiger partial charge < -0.3 is 20.6 Å². The third-order valence-electron chi connectivity index (χ3n) is 5.83. The Balaban J connectivity index is 0.000000638. The Kier molecular flexibility index (Phi) is 11.0. The summed E-state index contributed by atoms with van der Waals surface area (Å²) in [5.74, 6) is -2.95. The first kappa shape index (κ1) is 30.9. The molecule has 0 spiro atoms. The van der Waals surface area contributed by atoms with Gasteiger partial charge in [0, 0.05) is 43.6 Å². The number of hydrogen-bond acceptors (Lipinski definition) is 6. The minimum Gasteiger partial charge on any atom is -0.475 e. The number of carbonyl (C=O) groups is 2. The Morgan fingerprint density at radius 2 is 1.66 bits per heavy atom. The van der Waals surface area contributed by atoms with E-state index in [0.717, 1.165) is 50.3 Å². The Labute approximate surface area is 220 Å². The number of nitrogens with zero attached hydrogens (tertiary/aromatic N) is 1. The molecule has 1 fully saturated rings. The maximum Gasteiger partial charge on any atom is 0.490 e. The molecule has 0 radical (unpaired) electrons. The van der Waals surface area contributed by atoms with E-state index in [1.54, 1.807) is 24.3 Å². The number of halogens is 3. The van der Waals surface area contributed by atoms with Gasteiger partial charge in [0.25, 0.3) is 15.9 Å². The van der Waals surface area contributed by atoms with E-state index in [4.69, 9.17) is 9.90 Å². The molecular weight excluding hydrogens is 525 g/mol. The van der Waals surface area contributed by atoms with E-state index in [-0.39, 0.29) is 16.8 Å². The zero-order chi connectivity index (χ0) is 28.5. The van der Waals surface area contributed by atoms with Crippen molar-refractivity contribution < 1.29 is 36.3 Å². The summed E-state index contributed by atoms with van der Waals surface area (Å²) in [7, 11) is -3.75. The van der Waals surface area contributed by atoms with Crippen molar-refractivity contribution in [1.82, 2.24) is 10.6 Å². The fourth-order valence-electron chi connectivity index (χ4n) is 3.48. The number of anilines is 2. The van der Waals surface area contributed by atoms with Crippen LogP contribution < -0.4 is 20.3 Å². The van der Waals surface area contributed by atoms with Crippen LogP contribution in [0.5, 0.6) is 0 Å². The van der Waals surface area contributed by atoms with Crippen LogP contribution in [-0.4, -0.2) is 63.8 Å². The number of nitrogens with one attached hydrogen (secondary N) is 3. The van der Waals surface area contributed by atoms with E-state index in [9.17, 15) is 26.4 Å². The number of aliphatic carboxylic acids is 1. The van der Waals surface area contributed by atoms with Crippen LogP contribution in [0.1, 0.15) is 43.1 Å². The molecule has 9 nitrogen and oxygen atoms in total. The first-order valence-corrected chi connectivity index (χ1v) is 13.6. The Morgan fingerprint density at radius 3 is 2.16 bits per heavy atom. The molecule has 1 atom stereocenters. The fraction of sp³-hybridized carbons (Fsp3) is 0.440. The highest BCUT2D eigenvalue weighted by Crippen LogP contribution is 2.27. The molecule has 3 rings (SSSR count). The second-order valence-electron chi connectivity index (χ2n) is 8.66. The van der Waals surface area contributed by atoms with Crippen molar-refractivity contribution >= 4 is 33.3 Å². The largest absolute Gasteiger partial charge is 0.490 e. The monoisotopic (exact) mass is 558 g/mol. The zero-order valence-corrected chi connectivity index (χ0v) is 22.2. The highest BCUT2D eigenvalue weighted by Gasteiger charge is 2.38. The molecule has 1 aliphatic heterocycles. The molecule has 210 valence electrons. The number of carboxylic acid groups (broad SMARTS) is 1. The van der Waals surface area contributed by atoms with Crippen LogP contribution in [0.15, 0.2) is 47.4 Å². The van der Waals surface area contributed by atoms with Crippen molar-refractivity contribution in [3.05, 3.63) is 53.6 Å². The van der Waals surface area contributed by atoms with Crippen LogP contribution in [0.2, 0.25) is 0 Å². The Hall–Kier alpha value is -3.32. The van der Waals surface area contributed by atoms with Crippen molar-refractivity contribution in [2.24, 2.45) is 0 Å². The summed E-state index contributed by atoms with van der Waals surface area (Å²) in [6.07, 6.45) is -3.43.